The maximum atomic E-state index is 12.7. The SMILES string of the molecule is COc1ccc(C(=O)CCC(=O)N2CCC(c3nc(C(=O)NCCN4CCOCC4)cs3)CC2)cc1. The molecule has 3 heterocycles. The number of morpholine rings is 1. The summed E-state index contributed by atoms with van der Waals surface area (Å²) in [5.74, 6) is 0.770. The number of ether oxygens (including phenoxy) is 2. The van der Waals surface area contributed by atoms with Crippen LogP contribution in [-0.4, -0.2) is 92.0 Å². The molecule has 2 aromatic rings. The minimum Gasteiger partial charge on any atom is -0.497 e. The van der Waals surface area contributed by atoms with Gasteiger partial charge in [-0.3, -0.25) is 19.3 Å². The van der Waals surface area contributed by atoms with E-state index in [0.717, 1.165) is 50.7 Å². The maximum absolute atomic E-state index is 12.7. The third-order valence-corrected chi connectivity index (χ3v) is 7.75. The molecule has 0 unspecified atom stereocenters. The molecule has 2 aliphatic rings. The standard InChI is InChI=1S/C26H34N4O5S/c1-34-21-4-2-19(3-5-21)23(31)6-7-24(32)30-11-8-20(9-12-30)26-28-22(18-36-26)25(33)27-10-13-29-14-16-35-17-15-29/h2-5,18,20H,6-17H2,1H3,(H,27,33). The predicted molar refractivity (Wildman–Crippen MR) is 137 cm³/mol. The van der Waals surface area contributed by atoms with Gasteiger partial charge in [0.1, 0.15) is 11.4 Å². The first-order valence-corrected chi connectivity index (χ1v) is 13.4. The third-order valence-electron chi connectivity index (χ3n) is 6.75. The first-order valence-electron chi connectivity index (χ1n) is 12.5. The lowest BCUT2D eigenvalue weighted by atomic mass is 9.97. The molecular weight excluding hydrogens is 480 g/mol. The highest BCUT2D eigenvalue weighted by atomic mass is 32.1. The van der Waals surface area contributed by atoms with Crippen molar-refractivity contribution in [3.05, 3.63) is 45.9 Å². The Kier molecular flexibility index (Phi) is 9.43. The van der Waals surface area contributed by atoms with E-state index in [9.17, 15) is 14.4 Å². The van der Waals surface area contributed by atoms with Crippen LogP contribution in [-0.2, 0) is 9.53 Å². The number of piperidine rings is 1. The number of benzene rings is 1. The molecule has 0 radical (unpaired) electrons. The molecule has 1 aromatic carbocycles. The molecule has 0 atom stereocenters. The van der Waals surface area contributed by atoms with Gasteiger partial charge in [-0.2, -0.15) is 0 Å². The Labute approximate surface area is 215 Å². The number of thiazole rings is 1. The number of nitrogens with zero attached hydrogens (tertiary/aromatic N) is 3. The lowest BCUT2D eigenvalue weighted by Crippen LogP contribution is -2.41. The predicted octanol–water partition coefficient (Wildman–Crippen LogP) is 2.58. The Balaban J connectivity index is 1.17. The van der Waals surface area contributed by atoms with Gasteiger partial charge in [-0.05, 0) is 37.1 Å². The number of likely N-dealkylation sites (tertiary alicyclic amines) is 1. The molecule has 1 N–H and O–H groups in total. The summed E-state index contributed by atoms with van der Waals surface area (Å²) in [5, 5.41) is 5.74. The van der Waals surface area contributed by atoms with Crippen molar-refractivity contribution in [2.24, 2.45) is 0 Å². The van der Waals surface area contributed by atoms with Gasteiger partial charge >= 0.3 is 0 Å². The summed E-state index contributed by atoms with van der Waals surface area (Å²) in [7, 11) is 1.58. The summed E-state index contributed by atoms with van der Waals surface area (Å²) in [6, 6.07) is 6.95. The molecule has 1 aromatic heterocycles. The van der Waals surface area contributed by atoms with Crippen molar-refractivity contribution in [2.75, 3.05) is 59.6 Å². The van der Waals surface area contributed by atoms with Crippen molar-refractivity contribution in [3.8, 4) is 5.75 Å². The second kappa shape index (κ2) is 12.9. The second-order valence-electron chi connectivity index (χ2n) is 9.09. The highest BCUT2D eigenvalue weighted by Crippen LogP contribution is 2.30. The first-order chi connectivity index (χ1) is 17.5. The highest BCUT2D eigenvalue weighted by Gasteiger charge is 2.26. The van der Waals surface area contributed by atoms with Crippen LogP contribution in [0.5, 0.6) is 5.75 Å². The molecule has 0 aliphatic carbocycles. The minimum atomic E-state index is -0.139. The van der Waals surface area contributed by atoms with Crippen LogP contribution in [0.3, 0.4) is 0 Å². The van der Waals surface area contributed by atoms with Gasteiger partial charge in [0.25, 0.3) is 5.91 Å². The molecule has 9 nitrogen and oxygen atoms in total. The number of rotatable bonds is 10. The Hall–Kier alpha value is -2.82. The zero-order valence-electron chi connectivity index (χ0n) is 20.7. The molecular formula is C26H34N4O5S. The molecule has 2 aliphatic heterocycles. The van der Waals surface area contributed by atoms with E-state index in [-0.39, 0.29) is 36.4 Å². The average molecular weight is 515 g/mol. The average Bonchev–Trinajstić information content (AvgIpc) is 3.43. The van der Waals surface area contributed by atoms with Gasteiger partial charge in [0, 0.05) is 69.0 Å². The van der Waals surface area contributed by atoms with Crippen LogP contribution in [0, 0.1) is 0 Å². The molecule has 36 heavy (non-hydrogen) atoms. The van der Waals surface area contributed by atoms with E-state index in [1.54, 1.807) is 31.4 Å². The molecule has 10 heteroatoms. The van der Waals surface area contributed by atoms with E-state index in [1.165, 1.54) is 11.3 Å². The number of nitrogens with one attached hydrogen (secondary N) is 1. The van der Waals surface area contributed by atoms with Gasteiger partial charge in [-0.25, -0.2) is 4.98 Å². The zero-order chi connectivity index (χ0) is 25.3. The summed E-state index contributed by atoms with van der Waals surface area (Å²) in [5.41, 5.74) is 1.06. The van der Waals surface area contributed by atoms with Crippen molar-refractivity contribution in [1.82, 2.24) is 20.1 Å². The molecule has 0 spiro atoms. The monoisotopic (exact) mass is 514 g/mol. The molecule has 0 bridgehead atoms. The molecule has 0 saturated carbocycles. The number of ketones is 1. The first kappa shape index (κ1) is 26.2. The molecule has 194 valence electrons. The number of hydrogen-bond donors (Lipinski definition) is 1. The zero-order valence-corrected chi connectivity index (χ0v) is 21.6. The van der Waals surface area contributed by atoms with Crippen molar-refractivity contribution < 1.29 is 23.9 Å². The number of methoxy groups -OCH3 is 1. The Morgan fingerprint density at radius 1 is 1.08 bits per heavy atom. The number of aromatic nitrogens is 1. The van der Waals surface area contributed by atoms with Crippen LogP contribution < -0.4 is 10.1 Å². The van der Waals surface area contributed by atoms with Gasteiger partial charge in [-0.15, -0.1) is 11.3 Å². The Morgan fingerprint density at radius 2 is 1.81 bits per heavy atom. The lowest BCUT2D eigenvalue weighted by molar-refractivity contribution is -0.132. The van der Waals surface area contributed by atoms with Crippen LogP contribution in [0.2, 0.25) is 0 Å². The topological polar surface area (TPSA) is 101 Å². The second-order valence-corrected chi connectivity index (χ2v) is 9.98. The van der Waals surface area contributed by atoms with Crippen molar-refractivity contribution in [2.45, 2.75) is 31.6 Å². The van der Waals surface area contributed by atoms with Crippen LogP contribution in [0.15, 0.2) is 29.6 Å². The largest absolute Gasteiger partial charge is 0.497 e. The number of amides is 2. The van der Waals surface area contributed by atoms with Gasteiger partial charge in [0.2, 0.25) is 5.91 Å². The van der Waals surface area contributed by atoms with E-state index in [0.29, 0.717) is 36.6 Å². The number of Topliss-reactive ketones (excluding diaryl/α,β-unsaturated/α-hetero) is 1. The highest BCUT2D eigenvalue weighted by molar-refractivity contribution is 7.09. The molecule has 2 amide bonds. The fourth-order valence-corrected chi connectivity index (χ4v) is 5.47. The number of carbonyl (C=O) groups is 3. The number of carbonyl (C=O) groups excluding carboxylic acids is 3. The summed E-state index contributed by atoms with van der Waals surface area (Å²) >= 11 is 1.51. The van der Waals surface area contributed by atoms with Crippen molar-refractivity contribution in [1.29, 1.82) is 0 Å². The smallest absolute Gasteiger partial charge is 0.270 e. The van der Waals surface area contributed by atoms with E-state index >= 15 is 0 Å². The van der Waals surface area contributed by atoms with Gasteiger partial charge in [-0.1, -0.05) is 0 Å². The number of hydrogen-bond acceptors (Lipinski definition) is 8. The summed E-state index contributed by atoms with van der Waals surface area (Å²) in [4.78, 5) is 46.3. The Morgan fingerprint density at radius 3 is 2.50 bits per heavy atom. The molecule has 2 fully saturated rings. The Bertz CT molecular complexity index is 1030. The van der Waals surface area contributed by atoms with Crippen LogP contribution >= 0.6 is 11.3 Å². The van der Waals surface area contributed by atoms with Crippen molar-refractivity contribution in [3.63, 3.8) is 0 Å². The summed E-state index contributed by atoms with van der Waals surface area (Å²) in [6.07, 6.45) is 2.02. The maximum Gasteiger partial charge on any atom is 0.270 e. The fraction of sp³-hybridized carbons (Fsp3) is 0.538. The normalized spacial score (nSPS) is 17.1. The van der Waals surface area contributed by atoms with E-state index in [1.807, 2.05) is 10.3 Å². The van der Waals surface area contributed by atoms with E-state index in [2.05, 4.69) is 15.2 Å². The van der Waals surface area contributed by atoms with Gasteiger partial charge in [0.15, 0.2) is 5.78 Å². The summed E-state index contributed by atoms with van der Waals surface area (Å²) in [6.45, 7) is 5.97. The van der Waals surface area contributed by atoms with Gasteiger partial charge in [0.05, 0.1) is 25.3 Å². The van der Waals surface area contributed by atoms with Crippen LogP contribution in [0.4, 0.5) is 0 Å². The minimum absolute atomic E-state index is 0.00906. The van der Waals surface area contributed by atoms with Crippen molar-refractivity contribution >= 4 is 28.9 Å². The van der Waals surface area contributed by atoms with E-state index < -0.39 is 0 Å². The summed E-state index contributed by atoms with van der Waals surface area (Å²) < 4.78 is 10.5. The van der Waals surface area contributed by atoms with Crippen LogP contribution in [0.1, 0.15) is 57.5 Å². The molecule has 2 saturated heterocycles. The molecule has 4 rings (SSSR count). The van der Waals surface area contributed by atoms with Crippen LogP contribution in [0.25, 0.3) is 0 Å². The quantitative estimate of drug-likeness (QED) is 0.487. The third kappa shape index (κ3) is 7.11. The van der Waals surface area contributed by atoms with E-state index in [4.69, 9.17) is 9.47 Å². The van der Waals surface area contributed by atoms with Gasteiger partial charge < -0.3 is 19.7 Å². The fourth-order valence-electron chi connectivity index (χ4n) is 4.50. The lowest BCUT2D eigenvalue weighted by Gasteiger charge is -2.31.